The highest BCUT2D eigenvalue weighted by Crippen LogP contribution is 1.99. The first-order valence-electron chi connectivity index (χ1n) is 2.64. The van der Waals surface area contributed by atoms with Gasteiger partial charge in [0.1, 0.15) is 0 Å². The molecule has 2 N–H and O–H groups in total. The minimum absolute atomic E-state index is 0.740. The standard InChI is InChI=1S/C6H7ClN2/c1-5-4-6(8)2-3-9(5)7/h2-4,8H,1H3/p+1. The summed E-state index contributed by atoms with van der Waals surface area (Å²) in [5.41, 5.74) is 7.14. The zero-order valence-electron chi connectivity index (χ0n) is 5.13. The van der Waals surface area contributed by atoms with Crippen molar-refractivity contribution in [2.45, 2.75) is 6.92 Å². The maximum atomic E-state index is 5.64. The first-order valence-corrected chi connectivity index (χ1v) is 2.98. The third kappa shape index (κ3) is 1.33. The molecule has 3 heteroatoms. The number of anilines is 1. The van der Waals surface area contributed by atoms with Crippen LogP contribution < -0.4 is 9.82 Å². The molecule has 0 atom stereocenters. The lowest BCUT2D eigenvalue weighted by Gasteiger charge is -1.89. The van der Waals surface area contributed by atoms with Crippen LogP contribution in [0.3, 0.4) is 0 Å². The Labute approximate surface area is 59.0 Å². The first kappa shape index (κ1) is 6.36. The van der Waals surface area contributed by atoms with Crippen LogP contribution in [0, 0.1) is 6.92 Å². The van der Waals surface area contributed by atoms with Gasteiger partial charge in [-0.3, -0.25) is 0 Å². The highest BCUT2D eigenvalue weighted by molar-refractivity contribution is 6.04. The number of aromatic nitrogens is 1. The van der Waals surface area contributed by atoms with E-state index in [1.165, 1.54) is 4.09 Å². The Balaban J connectivity index is 3.17. The Kier molecular flexibility index (Phi) is 1.58. The lowest BCUT2D eigenvalue weighted by molar-refractivity contribution is -0.527. The van der Waals surface area contributed by atoms with E-state index < -0.39 is 0 Å². The van der Waals surface area contributed by atoms with Crippen LogP contribution in [0.25, 0.3) is 0 Å². The fourth-order valence-corrected chi connectivity index (χ4v) is 0.725. The molecular weight excluding hydrogens is 136 g/mol. The molecule has 48 valence electrons. The van der Waals surface area contributed by atoms with Crippen molar-refractivity contribution in [1.29, 1.82) is 0 Å². The van der Waals surface area contributed by atoms with E-state index in [1.807, 2.05) is 13.0 Å². The molecule has 1 heterocycles. The van der Waals surface area contributed by atoms with Gasteiger partial charge in [-0.15, -0.1) is 0 Å². The summed E-state index contributed by atoms with van der Waals surface area (Å²) in [6, 6.07) is 3.56. The van der Waals surface area contributed by atoms with E-state index in [9.17, 15) is 0 Å². The van der Waals surface area contributed by atoms with Gasteiger partial charge in [0.2, 0.25) is 5.69 Å². The summed E-state index contributed by atoms with van der Waals surface area (Å²) in [5.74, 6) is 0. The van der Waals surface area contributed by atoms with Gasteiger partial charge >= 0.3 is 0 Å². The molecule has 0 aliphatic carbocycles. The molecular formula is C6H8ClN2+. The molecule has 0 unspecified atom stereocenters. The minimum atomic E-state index is 0.740. The monoisotopic (exact) mass is 143 g/mol. The summed E-state index contributed by atoms with van der Waals surface area (Å²) in [6.07, 6.45) is 1.71. The van der Waals surface area contributed by atoms with Crippen LogP contribution in [-0.2, 0) is 0 Å². The normalized spacial score (nSPS) is 9.56. The van der Waals surface area contributed by atoms with Crippen molar-refractivity contribution in [3.63, 3.8) is 0 Å². The number of rotatable bonds is 0. The number of aryl methyl sites for hydroxylation is 1. The molecule has 0 amide bonds. The Hall–Kier alpha value is -0.760. The average molecular weight is 144 g/mol. The van der Waals surface area contributed by atoms with E-state index >= 15 is 0 Å². The van der Waals surface area contributed by atoms with Gasteiger partial charge in [-0.25, -0.2) is 0 Å². The van der Waals surface area contributed by atoms with Gasteiger partial charge in [0.15, 0.2) is 6.20 Å². The molecule has 1 aromatic heterocycles. The molecule has 0 spiro atoms. The number of halogens is 1. The first-order chi connectivity index (χ1) is 4.20. The maximum Gasteiger partial charge on any atom is 0.268 e. The van der Waals surface area contributed by atoms with Crippen LogP contribution in [0.1, 0.15) is 5.69 Å². The molecule has 0 aliphatic rings. The predicted octanol–water partition coefficient (Wildman–Crippen LogP) is 0.867. The van der Waals surface area contributed by atoms with Gasteiger partial charge in [0, 0.05) is 24.7 Å². The molecule has 0 aliphatic heterocycles. The van der Waals surface area contributed by atoms with E-state index in [1.54, 1.807) is 12.3 Å². The van der Waals surface area contributed by atoms with Crippen LogP contribution in [0.2, 0.25) is 0 Å². The van der Waals surface area contributed by atoms with Gasteiger partial charge in [-0.2, -0.15) is 0 Å². The molecule has 0 bridgehead atoms. The quantitative estimate of drug-likeness (QED) is 0.574. The fraction of sp³-hybridized carbons (Fsp3) is 0.167. The summed E-state index contributed by atoms with van der Waals surface area (Å²) in [5, 5.41) is 0. The molecule has 1 rings (SSSR count). The minimum Gasteiger partial charge on any atom is -0.398 e. The zero-order valence-corrected chi connectivity index (χ0v) is 5.89. The van der Waals surface area contributed by atoms with Gasteiger partial charge < -0.3 is 5.73 Å². The molecule has 9 heavy (non-hydrogen) atoms. The Morgan fingerprint density at radius 2 is 2.33 bits per heavy atom. The van der Waals surface area contributed by atoms with E-state index in [0.717, 1.165) is 11.4 Å². The van der Waals surface area contributed by atoms with Gasteiger partial charge in [-0.1, -0.05) is 4.09 Å². The van der Waals surface area contributed by atoms with Gasteiger partial charge in [0.05, 0.1) is 0 Å². The largest absolute Gasteiger partial charge is 0.398 e. The third-order valence-corrected chi connectivity index (χ3v) is 1.49. The summed E-state index contributed by atoms with van der Waals surface area (Å²) < 4.78 is 1.50. The smallest absolute Gasteiger partial charge is 0.268 e. The van der Waals surface area contributed by atoms with E-state index in [-0.39, 0.29) is 0 Å². The number of pyridine rings is 1. The van der Waals surface area contributed by atoms with E-state index in [0.29, 0.717) is 0 Å². The molecule has 1 aromatic rings. The number of hydrogen-bond acceptors (Lipinski definition) is 1. The lowest BCUT2D eigenvalue weighted by Crippen LogP contribution is -2.23. The van der Waals surface area contributed by atoms with Crippen LogP contribution in [0.4, 0.5) is 5.69 Å². The van der Waals surface area contributed by atoms with Crippen molar-refractivity contribution >= 4 is 17.5 Å². The predicted molar refractivity (Wildman–Crippen MR) is 37.0 cm³/mol. The van der Waals surface area contributed by atoms with Crippen molar-refractivity contribution in [3.8, 4) is 0 Å². The Morgan fingerprint density at radius 1 is 1.67 bits per heavy atom. The van der Waals surface area contributed by atoms with E-state index in [2.05, 4.69) is 0 Å². The summed E-state index contributed by atoms with van der Waals surface area (Å²) in [7, 11) is 0. The molecule has 0 aromatic carbocycles. The van der Waals surface area contributed by atoms with Crippen LogP contribution in [-0.4, -0.2) is 0 Å². The van der Waals surface area contributed by atoms with Crippen molar-refractivity contribution < 1.29 is 4.09 Å². The molecule has 0 fully saturated rings. The van der Waals surface area contributed by atoms with Crippen LogP contribution in [0.5, 0.6) is 0 Å². The summed E-state index contributed by atoms with van der Waals surface area (Å²) in [6.45, 7) is 1.89. The van der Waals surface area contributed by atoms with Crippen molar-refractivity contribution in [2.75, 3.05) is 5.73 Å². The number of nitrogen functional groups attached to an aromatic ring is 1. The fourth-order valence-electron chi connectivity index (χ4n) is 0.620. The van der Waals surface area contributed by atoms with Crippen molar-refractivity contribution in [3.05, 3.63) is 24.0 Å². The van der Waals surface area contributed by atoms with Gasteiger partial charge in [-0.05, 0) is 0 Å². The highest BCUT2D eigenvalue weighted by atomic mass is 35.5. The molecule has 2 nitrogen and oxygen atoms in total. The van der Waals surface area contributed by atoms with E-state index in [4.69, 9.17) is 17.5 Å². The maximum absolute atomic E-state index is 5.64. The molecule has 0 saturated heterocycles. The number of nitrogens with zero attached hydrogens (tertiary/aromatic N) is 1. The average Bonchev–Trinajstić information content (AvgIpc) is 1.80. The van der Waals surface area contributed by atoms with Gasteiger partial charge in [0.25, 0.3) is 11.8 Å². The molecule has 0 saturated carbocycles. The summed E-state index contributed by atoms with van der Waals surface area (Å²) in [4.78, 5) is 0. The number of hydrogen-bond donors (Lipinski definition) is 1. The summed E-state index contributed by atoms with van der Waals surface area (Å²) >= 11 is 5.64. The van der Waals surface area contributed by atoms with Crippen LogP contribution >= 0.6 is 11.8 Å². The second-order valence-corrected chi connectivity index (χ2v) is 2.28. The highest BCUT2D eigenvalue weighted by Gasteiger charge is 2.00. The molecule has 0 radical (unpaired) electrons. The Bertz CT molecular complexity index is 222. The van der Waals surface area contributed by atoms with Crippen molar-refractivity contribution in [2.24, 2.45) is 0 Å². The van der Waals surface area contributed by atoms with Crippen LogP contribution in [0.15, 0.2) is 18.3 Å². The van der Waals surface area contributed by atoms with Crippen molar-refractivity contribution in [1.82, 2.24) is 0 Å². The number of nitrogens with two attached hydrogens (primary N) is 1. The topological polar surface area (TPSA) is 29.9 Å². The zero-order chi connectivity index (χ0) is 6.85. The Morgan fingerprint density at radius 3 is 2.78 bits per heavy atom. The second-order valence-electron chi connectivity index (χ2n) is 1.91. The lowest BCUT2D eigenvalue weighted by atomic mass is 10.3. The SMILES string of the molecule is Cc1cc(N)cc[n+]1Cl. The second kappa shape index (κ2) is 2.23. The third-order valence-electron chi connectivity index (χ3n) is 1.11.